The molecule has 0 radical (unpaired) electrons. The molecule has 0 aliphatic rings. The molecule has 3 heteroatoms. The first-order chi connectivity index (χ1) is 8.69. The summed E-state index contributed by atoms with van der Waals surface area (Å²) < 4.78 is 0. The van der Waals surface area contributed by atoms with Crippen molar-refractivity contribution in [3.63, 3.8) is 0 Å². The average molecular weight is 281 g/mol. The molecule has 0 aliphatic carbocycles. The van der Waals surface area contributed by atoms with Crippen LogP contribution in [0.3, 0.4) is 0 Å². The van der Waals surface area contributed by atoms with Crippen LogP contribution < -0.4 is 0 Å². The molecule has 0 rings (SSSR count). The van der Waals surface area contributed by atoms with Gasteiger partial charge >= 0.3 is 23.1 Å². The molecule has 0 heterocycles. The fourth-order valence-electron chi connectivity index (χ4n) is 1.89. The van der Waals surface area contributed by atoms with E-state index in [1.165, 1.54) is 51.4 Å². The van der Waals surface area contributed by atoms with Gasteiger partial charge in [-0.25, -0.2) is 0 Å². The summed E-state index contributed by atoms with van der Waals surface area (Å²) in [4.78, 5) is 0. The maximum atomic E-state index is 7.14. The Kier molecular flexibility index (Phi) is 27.3. The minimum Gasteiger partial charge on any atom is -0.677 e. The summed E-state index contributed by atoms with van der Waals surface area (Å²) in [5.41, 5.74) is 14.3. The van der Waals surface area contributed by atoms with Gasteiger partial charge in [0.05, 0.1) is 0 Å². The van der Waals surface area contributed by atoms with Crippen molar-refractivity contribution >= 4 is 23.1 Å². The monoisotopic (exact) mass is 280 g/mol. The zero-order valence-electron chi connectivity index (χ0n) is 13.9. The standard InChI is InChI=1S/2C8H18N.Mg/c2*1-3-5-6-8(4-2)7-9;/h2*8-9H,3-7H2,1-2H3;/q2*-1;+2. The van der Waals surface area contributed by atoms with E-state index in [0.717, 1.165) is 0 Å². The van der Waals surface area contributed by atoms with Crippen LogP contribution in [0.1, 0.15) is 79.1 Å². The molecule has 19 heavy (non-hydrogen) atoms. The number of rotatable bonds is 10. The quantitative estimate of drug-likeness (QED) is 0.432. The van der Waals surface area contributed by atoms with Gasteiger partial charge in [0, 0.05) is 0 Å². The van der Waals surface area contributed by atoms with Gasteiger partial charge < -0.3 is 11.5 Å². The van der Waals surface area contributed by atoms with E-state index in [-0.39, 0.29) is 23.1 Å². The second-order valence-electron chi connectivity index (χ2n) is 5.24. The van der Waals surface area contributed by atoms with Crippen LogP contribution in [0.2, 0.25) is 0 Å². The Morgan fingerprint density at radius 3 is 1.16 bits per heavy atom. The Hall–Kier alpha value is 0.686. The molecule has 0 saturated carbocycles. The molecule has 0 saturated heterocycles. The third-order valence-corrected chi connectivity index (χ3v) is 3.66. The molecule has 0 aromatic carbocycles. The molecule has 2 N–H and O–H groups in total. The van der Waals surface area contributed by atoms with Crippen LogP contribution in [0.15, 0.2) is 0 Å². The minimum atomic E-state index is 0. The predicted molar refractivity (Wildman–Crippen MR) is 90.7 cm³/mol. The Morgan fingerprint density at radius 1 is 0.684 bits per heavy atom. The van der Waals surface area contributed by atoms with E-state index in [1.54, 1.807) is 0 Å². The van der Waals surface area contributed by atoms with Gasteiger partial charge in [-0.2, -0.15) is 0 Å². The van der Waals surface area contributed by atoms with E-state index in [2.05, 4.69) is 27.7 Å². The summed E-state index contributed by atoms with van der Waals surface area (Å²) in [6.07, 6.45) is 10.0. The molecule has 0 aromatic heterocycles. The van der Waals surface area contributed by atoms with Gasteiger partial charge in [-0.1, -0.05) is 90.9 Å². The predicted octanol–water partition coefficient (Wildman–Crippen LogP) is 6.13. The first-order valence-electron chi connectivity index (χ1n) is 7.99. The maximum Gasteiger partial charge on any atom is 2.00 e. The van der Waals surface area contributed by atoms with Gasteiger partial charge in [-0.15, -0.1) is 13.1 Å². The fourth-order valence-corrected chi connectivity index (χ4v) is 1.89. The smallest absolute Gasteiger partial charge is 0.677 e. The molecule has 112 valence electrons. The molecular weight excluding hydrogens is 244 g/mol. The van der Waals surface area contributed by atoms with Crippen molar-refractivity contribution in [2.24, 2.45) is 11.8 Å². The van der Waals surface area contributed by atoms with Gasteiger partial charge in [0.1, 0.15) is 0 Å². The van der Waals surface area contributed by atoms with Gasteiger partial charge in [-0.3, -0.25) is 0 Å². The topological polar surface area (TPSA) is 47.6 Å². The van der Waals surface area contributed by atoms with Crippen molar-refractivity contribution in [2.45, 2.75) is 79.1 Å². The summed E-state index contributed by atoms with van der Waals surface area (Å²) in [6.45, 7) is 10.0. The second kappa shape index (κ2) is 21.0. The molecule has 0 spiro atoms. The molecule has 2 atom stereocenters. The zero-order chi connectivity index (χ0) is 14.2. The minimum absolute atomic E-state index is 0. The van der Waals surface area contributed by atoms with Crippen molar-refractivity contribution in [3.05, 3.63) is 11.5 Å². The Morgan fingerprint density at radius 2 is 1.00 bits per heavy atom. The Bertz CT molecular complexity index is 119. The van der Waals surface area contributed by atoms with Crippen molar-refractivity contribution in [3.8, 4) is 0 Å². The van der Waals surface area contributed by atoms with E-state index >= 15 is 0 Å². The fraction of sp³-hybridized carbons (Fsp3) is 1.00. The SMILES string of the molecule is CCCCC(CC)C[NH-].CCCCC(CC)C[NH-].[Mg+2]. The van der Waals surface area contributed by atoms with Gasteiger partial charge in [0.25, 0.3) is 0 Å². The van der Waals surface area contributed by atoms with Crippen molar-refractivity contribution in [1.82, 2.24) is 0 Å². The van der Waals surface area contributed by atoms with Crippen LogP contribution in [-0.2, 0) is 0 Å². The van der Waals surface area contributed by atoms with Crippen LogP contribution in [0, 0.1) is 11.8 Å². The third kappa shape index (κ3) is 18.7. The van der Waals surface area contributed by atoms with Crippen LogP contribution >= 0.6 is 0 Å². The maximum absolute atomic E-state index is 7.14. The Labute approximate surface area is 138 Å². The summed E-state index contributed by atoms with van der Waals surface area (Å²) in [6, 6.07) is 0. The molecule has 2 nitrogen and oxygen atoms in total. The van der Waals surface area contributed by atoms with E-state index in [4.69, 9.17) is 11.5 Å². The molecule has 0 aromatic rings. The van der Waals surface area contributed by atoms with Crippen LogP contribution in [-0.4, -0.2) is 36.1 Å². The zero-order valence-corrected chi connectivity index (χ0v) is 15.3. The molecule has 0 aliphatic heterocycles. The number of hydrogen-bond acceptors (Lipinski definition) is 0. The second-order valence-corrected chi connectivity index (χ2v) is 5.24. The first-order valence-corrected chi connectivity index (χ1v) is 7.99. The number of nitrogens with one attached hydrogen (secondary N) is 2. The molecule has 2 unspecified atom stereocenters. The van der Waals surface area contributed by atoms with Crippen LogP contribution in [0.4, 0.5) is 0 Å². The van der Waals surface area contributed by atoms with Gasteiger partial charge in [-0.05, 0) is 0 Å². The van der Waals surface area contributed by atoms with E-state index in [9.17, 15) is 0 Å². The molecule has 0 bridgehead atoms. The van der Waals surface area contributed by atoms with Crippen molar-refractivity contribution in [1.29, 1.82) is 0 Å². The first kappa shape index (κ1) is 24.7. The summed E-state index contributed by atoms with van der Waals surface area (Å²) in [5, 5.41) is 0. The van der Waals surface area contributed by atoms with E-state index in [1.807, 2.05) is 0 Å². The van der Waals surface area contributed by atoms with Gasteiger partial charge in [0.2, 0.25) is 0 Å². The molecule has 0 amide bonds. The van der Waals surface area contributed by atoms with Gasteiger partial charge in [0.15, 0.2) is 0 Å². The number of unbranched alkanes of at least 4 members (excludes halogenated alkanes) is 2. The van der Waals surface area contributed by atoms with Crippen LogP contribution in [0.25, 0.3) is 11.5 Å². The Balaban J connectivity index is -0.000000256. The summed E-state index contributed by atoms with van der Waals surface area (Å²) in [5.74, 6) is 1.34. The average Bonchev–Trinajstić information content (AvgIpc) is 2.42. The van der Waals surface area contributed by atoms with E-state index < -0.39 is 0 Å². The normalized spacial score (nSPS) is 12.9. The van der Waals surface area contributed by atoms with Crippen LogP contribution in [0.5, 0.6) is 0 Å². The van der Waals surface area contributed by atoms with E-state index in [0.29, 0.717) is 24.9 Å². The van der Waals surface area contributed by atoms with Crippen molar-refractivity contribution < 1.29 is 0 Å². The molecular formula is C16H36MgN2. The summed E-state index contributed by atoms with van der Waals surface area (Å²) in [7, 11) is 0. The van der Waals surface area contributed by atoms with Crippen molar-refractivity contribution in [2.75, 3.05) is 13.1 Å². The largest absolute Gasteiger partial charge is 2.00 e. The summed E-state index contributed by atoms with van der Waals surface area (Å²) >= 11 is 0. The third-order valence-electron chi connectivity index (χ3n) is 3.66. The molecule has 0 fully saturated rings. The number of hydrogen-bond donors (Lipinski definition) is 0.